The number of nitrogens with one attached hydrogen (secondary N) is 1. The molecule has 0 radical (unpaired) electrons. The van der Waals surface area contributed by atoms with Crippen molar-refractivity contribution in [1.82, 2.24) is 10.2 Å². The molecule has 2 atom stereocenters. The van der Waals surface area contributed by atoms with E-state index in [0.29, 0.717) is 19.2 Å². The Morgan fingerprint density at radius 2 is 2.33 bits per heavy atom. The molecule has 2 rings (SSSR count). The first-order valence-electron chi connectivity index (χ1n) is 8.01. The average Bonchev–Trinajstić information content (AvgIpc) is 2.93. The molecule has 1 aliphatic rings. The second-order valence-electron chi connectivity index (χ2n) is 5.86. The lowest BCUT2D eigenvalue weighted by molar-refractivity contribution is 0.104. The fourth-order valence-corrected chi connectivity index (χ4v) is 2.92. The maximum atomic E-state index is 9.98. The number of hydrogen-bond acceptors (Lipinski definition) is 4. The summed E-state index contributed by atoms with van der Waals surface area (Å²) in [6.07, 6.45) is 2.08. The maximum Gasteiger partial charge on any atom is 0.119 e. The van der Waals surface area contributed by atoms with Gasteiger partial charge in [-0.25, -0.2) is 0 Å². The fourth-order valence-electron chi connectivity index (χ4n) is 2.92. The number of aliphatic hydroxyl groups excluding tert-OH is 1. The lowest BCUT2D eigenvalue weighted by atomic mass is 10.2. The first-order valence-corrected chi connectivity index (χ1v) is 8.01. The van der Waals surface area contributed by atoms with Crippen molar-refractivity contribution in [3.05, 3.63) is 29.8 Å². The zero-order valence-electron chi connectivity index (χ0n) is 13.2. The van der Waals surface area contributed by atoms with Crippen LogP contribution in [-0.4, -0.2) is 54.9 Å². The Morgan fingerprint density at radius 1 is 1.48 bits per heavy atom. The number of likely N-dealkylation sites (N-methyl/N-ethyl adjacent to an activating group) is 1. The predicted molar refractivity (Wildman–Crippen MR) is 85.8 cm³/mol. The molecule has 1 aromatic carbocycles. The Labute approximate surface area is 128 Å². The van der Waals surface area contributed by atoms with Gasteiger partial charge in [-0.3, -0.25) is 4.90 Å². The van der Waals surface area contributed by atoms with Crippen LogP contribution in [0.1, 0.15) is 25.3 Å². The van der Waals surface area contributed by atoms with Crippen molar-refractivity contribution >= 4 is 0 Å². The number of likely N-dealkylation sites (tertiary alicyclic amines) is 1. The molecule has 1 aliphatic heterocycles. The normalized spacial score (nSPS) is 20.6. The molecular weight excluding hydrogens is 264 g/mol. The lowest BCUT2D eigenvalue weighted by Gasteiger charge is -2.23. The molecule has 4 heteroatoms. The Morgan fingerprint density at radius 3 is 3.10 bits per heavy atom. The minimum absolute atomic E-state index is 0.332. The van der Waals surface area contributed by atoms with Gasteiger partial charge in [0.25, 0.3) is 0 Å². The smallest absolute Gasteiger partial charge is 0.119 e. The summed E-state index contributed by atoms with van der Waals surface area (Å²) >= 11 is 0. The third-order valence-electron chi connectivity index (χ3n) is 4.10. The van der Waals surface area contributed by atoms with Crippen molar-refractivity contribution in [3.63, 3.8) is 0 Å². The molecule has 4 nitrogen and oxygen atoms in total. The molecule has 1 saturated heterocycles. The SMILES string of the molecule is CCN1CCC[C@H]1CNC[C@@H](O)COc1cccc(C)c1. The topological polar surface area (TPSA) is 44.7 Å². The molecule has 0 aliphatic carbocycles. The van der Waals surface area contributed by atoms with E-state index >= 15 is 0 Å². The van der Waals surface area contributed by atoms with Crippen LogP contribution in [0.15, 0.2) is 24.3 Å². The van der Waals surface area contributed by atoms with E-state index in [0.717, 1.165) is 18.8 Å². The summed E-state index contributed by atoms with van der Waals surface area (Å²) in [5.74, 6) is 0.821. The van der Waals surface area contributed by atoms with Crippen molar-refractivity contribution in [2.45, 2.75) is 38.8 Å². The van der Waals surface area contributed by atoms with Crippen LogP contribution in [0.5, 0.6) is 5.75 Å². The highest BCUT2D eigenvalue weighted by Crippen LogP contribution is 2.15. The zero-order chi connectivity index (χ0) is 15.1. The van der Waals surface area contributed by atoms with Crippen molar-refractivity contribution in [3.8, 4) is 5.75 Å². The van der Waals surface area contributed by atoms with Crippen molar-refractivity contribution in [2.75, 3.05) is 32.8 Å². The predicted octanol–water partition coefficient (Wildman–Crippen LogP) is 1.81. The summed E-state index contributed by atoms with van der Waals surface area (Å²) in [6, 6.07) is 8.53. The van der Waals surface area contributed by atoms with Crippen LogP contribution in [0, 0.1) is 6.92 Å². The average molecular weight is 292 g/mol. The van der Waals surface area contributed by atoms with E-state index < -0.39 is 6.10 Å². The quantitative estimate of drug-likeness (QED) is 0.767. The van der Waals surface area contributed by atoms with E-state index in [-0.39, 0.29) is 0 Å². The number of hydrogen-bond donors (Lipinski definition) is 2. The molecule has 0 bridgehead atoms. The van der Waals surface area contributed by atoms with Crippen LogP contribution < -0.4 is 10.1 Å². The van der Waals surface area contributed by atoms with E-state index in [1.54, 1.807) is 0 Å². The van der Waals surface area contributed by atoms with E-state index in [1.807, 2.05) is 31.2 Å². The van der Waals surface area contributed by atoms with Crippen molar-refractivity contribution in [2.24, 2.45) is 0 Å². The van der Waals surface area contributed by atoms with Crippen LogP contribution >= 0.6 is 0 Å². The number of aryl methyl sites for hydroxylation is 1. The van der Waals surface area contributed by atoms with Gasteiger partial charge in [-0.05, 0) is 50.6 Å². The second kappa shape index (κ2) is 8.37. The molecule has 118 valence electrons. The zero-order valence-corrected chi connectivity index (χ0v) is 13.2. The van der Waals surface area contributed by atoms with Gasteiger partial charge >= 0.3 is 0 Å². The molecule has 0 unspecified atom stereocenters. The molecule has 2 N–H and O–H groups in total. The molecule has 1 heterocycles. The van der Waals surface area contributed by atoms with E-state index in [1.165, 1.54) is 24.9 Å². The van der Waals surface area contributed by atoms with E-state index in [9.17, 15) is 5.11 Å². The summed E-state index contributed by atoms with van der Waals surface area (Å²) < 4.78 is 5.61. The van der Waals surface area contributed by atoms with Gasteiger partial charge in [0.2, 0.25) is 0 Å². The standard InChI is InChI=1S/C17H28N2O2/c1-3-19-9-5-7-15(19)11-18-12-16(20)13-21-17-8-4-6-14(2)10-17/h4,6,8,10,15-16,18,20H,3,5,7,9,11-13H2,1-2H3/t15-,16+/m0/s1. The van der Waals surface area contributed by atoms with Gasteiger partial charge < -0.3 is 15.2 Å². The fraction of sp³-hybridized carbons (Fsp3) is 0.647. The summed E-state index contributed by atoms with van der Waals surface area (Å²) in [6.45, 7) is 8.44. The van der Waals surface area contributed by atoms with Gasteiger partial charge in [0.1, 0.15) is 18.5 Å². The van der Waals surface area contributed by atoms with Crippen LogP contribution in [0.4, 0.5) is 0 Å². The molecule has 0 aromatic heterocycles. The van der Waals surface area contributed by atoms with Crippen molar-refractivity contribution in [1.29, 1.82) is 0 Å². The molecule has 21 heavy (non-hydrogen) atoms. The number of benzene rings is 1. The Bertz CT molecular complexity index is 425. The number of rotatable bonds is 8. The molecule has 0 spiro atoms. The highest BCUT2D eigenvalue weighted by molar-refractivity contribution is 5.27. The van der Waals surface area contributed by atoms with Crippen LogP contribution in [0.2, 0.25) is 0 Å². The monoisotopic (exact) mass is 292 g/mol. The van der Waals surface area contributed by atoms with Crippen molar-refractivity contribution < 1.29 is 9.84 Å². The van der Waals surface area contributed by atoms with Gasteiger partial charge in [-0.1, -0.05) is 19.1 Å². The first kappa shape index (κ1) is 16.3. The summed E-state index contributed by atoms with van der Waals surface area (Å²) in [5, 5.41) is 13.3. The van der Waals surface area contributed by atoms with Crippen LogP contribution in [-0.2, 0) is 0 Å². The Kier molecular flexibility index (Phi) is 6.49. The minimum atomic E-state index is -0.470. The van der Waals surface area contributed by atoms with Crippen LogP contribution in [0.3, 0.4) is 0 Å². The Hall–Kier alpha value is -1.10. The van der Waals surface area contributed by atoms with E-state index in [2.05, 4.69) is 17.1 Å². The Balaban J connectivity index is 1.62. The largest absolute Gasteiger partial charge is 0.491 e. The third kappa shape index (κ3) is 5.30. The molecule has 0 saturated carbocycles. The van der Waals surface area contributed by atoms with Gasteiger partial charge in [0.15, 0.2) is 0 Å². The number of ether oxygens (including phenoxy) is 1. The van der Waals surface area contributed by atoms with E-state index in [4.69, 9.17) is 4.74 Å². The molecule has 1 aromatic rings. The van der Waals surface area contributed by atoms with Gasteiger partial charge in [-0.15, -0.1) is 0 Å². The number of aliphatic hydroxyl groups is 1. The number of nitrogens with zero attached hydrogens (tertiary/aromatic N) is 1. The minimum Gasteiger partial charge on any atom is -0.491 e. The lowest BCUT2D eigenvalue weighted by Crippen LogP contribution is -2.41. The van der Waals surface area contributed by atoms with Gasteiger partial charge in [0, 0.05) is 19.1 Å². The molecule has 1 fully saturated rings. The maximum absolute atomic E-state index is 9.98. The first-order chi connectivity index (χ1) is 10.2. The highest BCUT2D eigenvalue weighted by atomic mass is 16.5. The molecule has 0 amide bonds. The van der Waals surface area contributed by atoms with Gasteiger partial charge in [0.05, 0.1) is 0 Å². The molecular formula is C17H28N2O2. The van der Waals surface area contributed by atoms with Crippen LogP contribution in [0.25, 0.3) is 0 Å². The highest BCUT2D eigenvalue weighted by Gasteiger charge is 2.22. The summed E-state index contributed by atoms with van der Waals surface area (Å²) in [5.41, 5.74) is 1.17. The van der Waals surface area contributed by atoms with Gasteiger partial charge in [-0.2, -0.15) is 0 Å². The second-order valence-corrected chi connectivity index (χ2v) is 5.86. The summed E-state index contributed by atoms with van der Waals surface area (Å²) in [4.78, 5) is 2.50. The summed E-state index contributed by atoms with van der Waals surface area (Å²) in [7, 11) is 0. The third-order valence-corrected chi connectivity index (χ3v) is 4.10.